The summed E-state index contributed by atoms with van der Waals surface area (Å²) in [7, 11) is 5.69. The van der Waals surface area contributed by atoms with Gasteiger partial charge in [0.25, 0.3) is 0 Å². The van der Waals surface area contributed by atoms with Crippen molar-refractivity contribution in [2.24, 2.45) is 12.0 Å². The fraction of sp³-hybridized carbons (Fsp3) is 0.222. The molecule has 1 unspecified atom stereocenters. The topological polar surface area (TPSA) is 70.5 Å². The quantitative estimate of drug-likeness (QED) is 0.756. The first-order valence-corrected chi connectivity index (χ1v) is 8.12. The van der Waals surface area contributed by atoms with Gasteiger partial charge < -0.3 is 19.7 Å². The number of pyridine rings is 1. The van der Waals surface area contributed by atoms with Gasteiger partial charge in [0.2, 0.25) is 5.88 Å². The molecular weight excluding hydrogens is 316 g/mol. The van der Waals surface area contributed by atoms with E-state index in [0.29, 0.717) is 5.88 Å². The van der Waals surface area contributed by atoms with Crippen LogP contribution < -0.4 is 10.2 Å². The van der Waals surface area contributed by atoms with E-state index in [4.69, 9.17) is 4.74 Å². The second-order valence-corrected chi connectivity index (χ2v) is 6.41. The minimum absolute atomic E-state index is 0.176. The van der Waals surface area contributed by atoms with Crippen molar-refractivity contribution in [3.8, 4) is 17.1 Å². The predicted molar refractivity (Wildman–Crippen MR) is 96.9 cm³/mol. The van der Waals surface area contributed by atoms with Crippen LogP contribution in [0.1, 0.15) is 11.6 Å². The number of aromatic nitrogens is 3. The Labute approximate surface area is 144 Å². The number of aliphatic imine (C=N–C) groups is 1. The third-order valence-electron chi connectivity index (χ3n) is 4.91. The Morgan fingerprint density at radius 1 is 1.24 bits per heavy atom. The van der Waals surface area contributed by atoms with Crippen molar-refractivity contribution >= 4 is 23.1 Å². The summed E-state index contributed by atoms with van der Waals surface area (Å²) in [5, 5.41) is 2.08. The molecule has 0 radical (unpaired) electrons. The Kier molecular flexibility index (Phi) is 2.84. The van der Waals surface area contributed by atoms with Crippen LogP contribution in [0.5, 0.6) is 5.88 Å². The highest BCUT2D eigenvalue weighted by Crippen LogP contribution is 2.42. The van der Waals surface area contributed by atoms with E-state index < -0.39 is 0 Å². The van der Waals surface area contributed by atoms with E-state index in [9.17, 15) is 0 Å². The zero-order valence-electron chi connectivity index (χ0n) is 14.2. The first-order chi connectivity index (χ1) is 12.2. The molecule has 126 valence electrons. The molecule has 25 heavy (non-hydrogen) atoms. The zero-order valence-corrected chi connectivity index (χ0v) is 14.2. The summed E-state index contributed by atoms with van der Waals surface area (Å²) in [4.78, 5) is 12.7. The first kappa shape index (κ1) is 14.3. The number of fused-ring (bicyclic) bond motifs is 4. The molecule has 1 atom stereocenters. The molecule has 0 aliphatic carbocycles. The Bertz CT molecular complexity index is 1060. The Morgan fingerprint density at radius 2 is 2.12 bits per heavy atom. The van der Waals surface area contributed by atoms with E-state index in [2.05, 4.69) is 42.2 Å². The van der Waals surface area contributed by atoms with E-state index in [1.54, 1.807) is 7.11 Å². The molecule has 7 nitrogen and oxygen atoms in total. The standard InChI is InChI=1S/C18H18N6O/c1-23-9-12(16-14(23)4-5-15(22-16)25-3)13-6-11-17-10(8-20-24(17)2)7-19-18(11)21-13/h4-9,17,20-21H,1-3H3. The largest absolute Gasteiger partial charge is 0.481 e. The second-order valence-electron chi connectivity index (χ2n) is 6.41. The first-order valence-electron chi connectivity index (χ1n) is 8.12. The van der Waals surface area contributed by atoms with Gasteiger partial charge in [-0.2, -0.15) is 0 Å². The van der Waals surface area contributed by atoms with Crippen molar-refractivity contribution < 1.29 is 4.74 Å². The highest BCUT2D eigenvalue weighted by atomic mass is 16.5. The summed E-state index contributed by atoms with van der Waals surface area (Å²) >= 11 is 0. The van der Waals surface area contributed by atoms with E-state index in [1.165, 1.54) is 5.57 Å². The number of aromatic amines is 1. The Balaban J connectivity index is 1.69. The molecule has 0 amide bonds. The van der Waals surface area contributed by atoms with Crippen molar-refractivity contribution in [2.75, 3.05) is 14.2 Å². The molecule has 5 heterocycles. The van der Waals surface area contributed by atoms with Gasteiger partial charge in [0, 0.05) is 55.5 Å². The predicted octanol–water partition coefficient (Wildman–Crippen LogP) is 2.67. The van der Waals surface area contributed by atoms with E-state index in [1.807, 2.05) is 38.6 Å². The summed E-state index contributed by atoms with van der Waals surface area (Å²) in [6.45, 7) is 0. The van der Waals surface area contributed by atoms with Crippen LogP contribution in [-0.4, -0.2) is 39.9 Å². The minimum atomic E-state index is 0.176. The molecule has 0 fully saturated rings. The summed E-state index contributed by atoms with van der Waals surface area (Å²) in [6.07, 6.45) is 5.99. The lowest BCUT2D eigenvalue weighted by molar-refractivity contribution is 0.253. The number of hydrogen-bond donors (Lipinski definition) is 2. The molecule has 7 heteroatoms. The van der Waals surface area contributed by atoms with Gasteiger partial charge in [-0.05, 0) is 12.1 Å². The average Bonchev–Trinajstić information content (AvgIpc) is 3.30. The van der Waals surface area contributed by atoms with Crippen LogP contribution in [0.15, 0.2) is 41.2 Å². The normalized spacial score (nSPS) is 18.8. The number of likely N-dealkylation sites (N-methyl/N-ethyl adjacent to an activating group) is 1. The molecule has 0 spiro atoms. The summed E-state index contributed by atoms with van der Waals surface area (Å²) < 4.78 is 7.38. The number of ether oxygens (including phenoxy) is 1. The smallest absolute Gasteiger partial charge is 0.213 e. The molecule has 2 aliphatic heterocycles. The van der Waals surface area contributed by atoms with Gasteiger partial charge in [-0.1, -0.05) is 0 Å². The van der Waals surface area contributed by atoms with Crippen molar-refractivity contribution in [1.82, 2.24) is 25.0 Å². The van der Waals surface area contributed by atoms with Crippen LogP contribution in [0.3, 0.4) is 0 Å². The van der Waals surface area contributed by atoms with Gasteiger partial charge in [-0.15, -0.1) is 0 Å². The lowest BCUT2D eigenvalue weighted by atomic mass is 10.00. The van der Waals surface area contributed by atoms with Gasteiger partial charge in [0.05, 0.1) is 24.4 Å². The molecule has 0 aromatic carbocycles. The lowest BCUT2D eigenvalue weighted by Crippen LogP contribution is -2.29. The highest BCUT2D eigenvalue weighted by Gasteiger charge is 2.32. The van der Waals surface area contributed by atoms with Crippen LogP contribution in [-0.2, 0) is 7.05 Å². The Hall–Kier alpha value is -3.06. The SMILES string of the molecule is COc1ccc2c(n1)c(-c1cc3c([nH]1)N=CC1=CNN(C)C13)cn2C. The molecule has 0 saturated carbocycles. The van der Waals surface area contributed by atoms with Gasteiger partial charge in [0.1, 0.15) is 11.3 Å². The minimum Gasteiger partial charge on any atom is -0.481 e. The zero-order chi connectivity index (χ0) is 17.1. The van der Waals surface area contributed by atoms with Gasteiger partial charge in [0.15, 0.2) is 0 Å². The number of methoxy groups -OCH3 is 1. The highest BCUT2D eigenvalue weighted by molar-refractivity contribution is 5.94. The van der Waals surface area contributed by atoms with E-state index in [-0.39, 0.29) is 6.04 Å². The molecule has 3 aromatic heterocycles. The fourth-order valence-corrected chi connectivity index (χ4v) is 3.66. The fourth-order valence-electron chi connectivity index (χ4n) is 3.66. The number of rotatable bonds is 2. The van der Waals surface area contributed by atoms with Crippen LogP contribution in [0.4, 0.5) is 5.82 Å². The molecule has 3 aromatic rings. The van der Waals surface area contributed by atoms with E-state index in [0.717, 1.165) is 33.7 Å². The third-order valence-corrected chi connectivity index (χ3v) is 4.91. The average molecular weight is 334 g/mol. The summed E-state index contributed by atoms with van der Waals surface area (Å²) in [5.74, 6) is 1.51. The number of nitrogens with one attached hydrogen (secondary N) is 2. The second kappa shape index (κ2) is 4.97. The maximum absolute atomic E-state index is 5.30. The molecule has 2 N–H and O–H groups in total. The Morgan fingerprint density at radius 3 is 2.96 bits per heavy atom. The lowest BCUT2D eigenvalue weighted by Gasteiger charge is -2.22. The van der Waals surface area contributed by atoms with Crippen LogP contribution in [0, 0.1) is 0 Å². The van der Waals surface area contributed by atoms with Crippen molar-refractivity contribution in [3.63, 3.8) is 0 Å². The number of nitrogens with zero attached hydrogens (tertiary/aromatic N) is 4. The number of hydrogen-bond acceptors (Lipinski definition) is 5. The van der Waals surface area contributed by atoms with Crippen molar-refractivity contribution in [1.29, 1.82) is 0 Å². The maximum Gasteiger partial charge on any atom is 0.213 e. The van der Waals surface area contributed by atoms with Crippen LogP contribution in [0.2, 0.25) is 0 Å². The molecule has 5 rings (SSSR count). The third kappa shape index (κ3) is 1.96. The number of H-pyrrole nitrogens is 1. The van der Waals surface area contributed by atoms with Gasteiger partial charge in [-0.3, -0.25) is 0 Å². The van der Waals surface area contributed by atoms with Gasteiger partial charge >= 0.3 is 0 Å². The van der Waals surface area contributed by atoms with Crippen molar-refractivity contribution in [2.45, 2.75) is 6.04 Å². The van der Waals surface area contributed by atoms with Crippen molar-refractivity contribution in [3.05, 3.63) is 41.7 Å². The molecule has 0 bridgehead atoms. The molecule has 0 saturated heterocycles. The molecule has 2 aliphatic rings. The van der Waals surface area contributed by atoms with E-state index >= 15 is 0 Å². The number of hydrazine groups is 1. The maximum atomic E-state index is 5.30. The van der Waals surface area contributed by atoms with Crippen LogP contribution >= 0.6 is 0 Å². The van der Waals surface area contributed by atoms with Gasteiger partial charge in [-0.25, -0.2) is 15.0 Å². The van der Waals surface area contributed by atoms with Crippen LogP contribution in [0.25, 0.3) is 22.3 Å². The molecular formula is C18H18N6O. The monoisotopic (exact) mass is 334 g/mol. The summed E-state index contributed by atoms with van der Waals surface area (Å²) in [6, 6.07) is 6.26. The number of aryl methyl sites for hydroxylation is 1. The summed E-state index contributed by atoms with van der Waals surface area (Å²) in [5.41, 5.74) is 9.59.